The summed E-state index contributed by atoms with van der Waals surface area (Å²) in [6, 6.07) is 25.1. The molecule has 182 valence electrons. The van der Waals surface area contributed by atoms with E-state index in [1.807, 2.05) is 61.5 Å². The standard InChI is InChI=1S/C27H29N3O4S/c1-21-11-9-10-14-23(21)18-30-25(31)19-29(35(33,34)24-15-7-4-8-16-24)20-27(30,2)26(32)28-17-22-12-5-3-6-13-22/h3-16H,17-20H2,1-2H3,(H,28,32). The molecule has 0 aliphatic carbocycles. The van der Waals surface area contributed by atoms with Gasteiger partial charge in [-0.2, -0.15) is 4.31 Å². The third-order valence-corrected chi connectivity index (χ3v) is 8.25. The van der Waals surface area contributed by atoms with Gasteiger partial charge in [-0.05, 0) is 42.7 Å². The first kappa shape index (κ1) is 24.6. The minimum atomic E-state index is -3.97. The zero-order valence-electron chi connectivity index (χ0n) is 19.8. The largest absolute Gasteiger partial charge is 0.350 e. The summed E-state index contributed by atoms with van der Waals surface area (Å²) >= 11 is 0. The van der Waals surface area contributed by atoms with Gasteiger partial charge in [0.25, 0.3) is 0 Å². The summed E-state index contributed by atoms with van der Waals surface area (Å²) in [6.45, 7) is 3.58. The number of rotatable bonds is 7. The molecule has 35 heavy (non-hydrogen) atoms. The van der Waals surface area contributed by atoms with E-state index in [-0.39, 0.29) is 31.1 Å². The number of hydrogen-bond acceptors (Lipinski definition) is 4. The number of carbonyl (C=O) groups excluding carboxylic acids is 2. The normalized spacial score (nSPS) is 18.9. The predicted molar refractivity (Wildman–Crippen MR) is 134 cm³/mol. The lowest BCUT2D eigenvalue weighted by molar-refractivity contribution is -0.153. The highest BCUT2D eigenvalue weighted by molar-refractivity contribution is 7.89. The smallest absolute Gasteiger partial charge is 0.247 e. The Hall–Kier alpha value is -3.49. The number of amides is 2. The molecular weight excluding hydrogens is 462 g/mol. The highest BCUT2D eigenvalue weighted by Crippen LogP contribution is 2.30. The molecule has 7 nitrogen and oxygen atoms in total. The number of aryl methyl sites for hydroxylation is 1. The minimum absolute atomic E-state index is 0.0900. The van der Waals surface area contributed by atoms with Crippen LogP contribution >= 0.6 is 0 Å². The molecule has 0 bridgehead atoms. The molecule has 1 unspecified atom stereocenters. The van der Waals surface area contributed by atoms with Gasteiger partial charge in [0, 0.05) is 19.6 Å². The number of nitrogens with zero attached hydrogens (tertiary/aromatic N) is 2. The Morgan fingerprint density at radius 1 is 0.943 bits per heavy atom. The lowest BCUT2D eigenvalue weighted by atomic mass is 9.94. The van der Waals surface area contributed by atoms with Gasteiger partial charge < -0.3 is 10.2 Å². The molecule has 1 fully saturated rings. The summed E-state index contributed by atoms with van der Waals surface area (Å²) in [7, 11) is -3.97. The fraction of sp³-hybridized carbons (Fsp3) is 0.259. The van der Waals surface area contributed by atoms with Gasteiger partial charge in [-0.3, -0.25) is 9.59 Å². The van der Waals surface area contributed by atoms with Crippen molar-refractivity contribution in [2.75, 3.05) is 13.1 Å². The van der Waals surface area contributed by atoms with Gasteiger partial charge in [-0.15, -0.1) is 0 Å². The van der Waals surface area contributed by atoms with Gasteiger partial charge in [0.2, 0.25) is 21.8 Å². The van der Waals surface area contributed by atoms with E-state index in [0.29, 0.717) is 0 Å². The zero-order chi connectivity index (χ0) is 25.1. The van der Waals surface area contributed by atoms with Crippen molar-refractivity contribution in [2.24, 2.45) is 0 Å². The summed E-state index contributed by atoms with van der Waals surface area (Å²) in [4.78, 5) is 28.6. The average Bonchev–Trinajstić information content (AvgIpc) is 2.86. The van der Waals surface area contributed by atoms with E-state index < -0.39 is 27.4 Å². The maximum Gasteiger partial charge on any atom is 0.247 e. The lowest BCUT2D eigenvalue weighted by Gasteiger charge is -2.47. The highest BCUT2D eigenvalue weighted by atomic mass is 32.2. The van der Waals surface area contributed by atoms with Crippen LogP contribution < -0.4 is 5.32 Å². The van der Waals surface area contributed by atoms with Crippen molar-refractivity contribution in [2.45, 2.75) is 37.4 Å². The topological polar surface area (TPSA) is 86.8 Å². The van der Waals surface area contributed by atoms with Crippen LogP contribution in [-0.4, -0.2) is 48.1 Å². The fourth-order valence-corrected chi connectivity index (χ4v) is 5.79. The van der Waals surface area contributed by atoms with Gasteiger partial charge >= 0.3 is 0 Å². The number of sulfonamides is 1. The van der Waals surface area contributed by atoms with Crippen LogP contribution in [0.3, 0.4) is 0 Å². The van der Waals surface area contributed by atoms with Gasteiger partial charge in [0.1, 0.15) is 5.54 Å². The van der Waals surface area contributed by atoms with Crippen LogP contribution in [0.2, 0.25) is 0 Å². The van der Waals surface area contributed by atoms with Crippen molar-refractivity contribution in [3.63, 3.8) is 0 Å². The van der Waals surface area contributed by atoms with Crippen molar-refractivity contribution < 1.29 is 18.0 Å². The van der Waals surface area contributed by atoms with Crippen LogP contribution in [-0.2, 0) is 32.7 Å². The fourth-order valence-electron chi connectivity index (χ4n) is 4.29. The molecule has 1 heterocycles. The van der Waals surface area contributed by atoms with Crippen molar-refractivity contribution in [3.05, 3.63) is 102 Å². The van der Waals surface area contributed by atoms with E-state index in [4.69, 9.17) is 0 Å². The predicted octanol–water partition coefficient (Wildman–Crippen LogP) is 3.10. The molecule has 1 aliphatic rings. The van der Waals surface area contributed by atoms with Crippen molar-refractivity contribution in [1.82, 2.24) is 14.5 Å². The summed E-state index contributed by atoms with van der Waals surface area (Å²) < 4.78 is 27.8. The molecular formula is C27H29N3O4S. The van der Waals surface area contributed by atoms with Crippen LogP contribution in [0.4, 0.5) is 0 Å². The highest BCUT2D eigenvalue weighted by Gasteiger charge is 2.50. The number of nitrogens with one attached hydrogen (secondary N) is 1. The molecule has 3 aromatic rings. The monoisotopic (exact) mass is 491 g/mol. The average molecular weight is 492 g/mol. The Labute approximate surface area is 206 Å². The maximum absolute atomic E-state index is 13.6. The molecule has 0 spiro atoms. The van der Waals surface area contributed by atoms with Gasteiger partial charge in [-0.25, -0.2) is 8.42 Å². The number of carbonyl (C=O) groups is 2. The molecule has 4 rings (SSSR count). The summed E-state index contributed by atoms with van der Waals surface area (Å²) in [5, 5.41) is 2.92. The second kappa shape index (κ2) is 10.0. The van der Waals surface area contributed by atoms with Gasteiger partial charge in [0.05, 0.1) is 11.4 Å². The summed E-state index contributed by atoms with van der Waals surface area (Å²) in [5.74, 6) is -0.826. The van der Waals surface area contributed by atoms with Gasteiger partial charge in [0.15, 0.2) is 0 Å². The number of piperazine rings is 1. The number of benzene rings is 3. The maximum atomic E-state index is 13.6. The molecule has 8 heteroatoms. The molecule has 1 atom stereocenters. The van der Waals surface area contributed by atoms with Crippen LogP contribution in [0.1, 0.15) is 23.6 Å². The third-order valence-electron chi connectivity index (χ3n) is 6.45. The molecule has 1 saturated heterocycles. The molecule has 0 radical (unpaired) electrons. The quantitative estimate of drug-likeness (QED) is 0.550. The van der Waals surface area contributed by atoms with Crippen molar-refractivity contribution in [3.8, 4) is 0 Å². The van der Waals surface area contributed by atoms with Crippen LogP contribution in [0.15, 0.2) is 89.8 Å². The summed E-state index contributed by atoms with van der Waals surface area (Å²) in [5.41, 5.74) is 1.40. The van der Waals surface area contributed by atoms with E-state index in [9.17, 15) is 18.0 Å². The Morgan fingerprint density at radius 3 is 2.20 bits per heavy atom. The number of hydrogen-bond donors (Lipinski definition) is 1. The second-order valence-electron chi connectivity index (χ2n) is 8.93. The molecule has 0 saturated carbocycles. The molecule has 2 amide bonds. The first-order valence-corrected chi connectivity index (χ1v) is 12.9. The second-order valence-corrected chi connectivity index (χ2v) is 10.9. The van der Waals surface area contributed by atoms with Crippen molar-refractivity contribution >= 4 is 21.8 Å². The summed E-state index contributed by atoms with van der Waals surface area (Å²) in [6.07, 6.45) is 0. The van der Waals surface area contributed by atoms with E-state index in [0.717, 1.165) is 21.0 Å². The van der Waals surface area contributed by atoms with Crippen LogP contribution in [0.25, 0.3) is 0 Å². The molecule has 1 N–H and O–H groups in total. The van der Waals surface area contributed by atoms with E-state index >= 15 is 0 Å². The van der Waals surface area contributed by atoms with E-state index in [2.05, 4.69) is 5.32 Å². The molecule has 3 aromatic carbocycles. The SMILES string of the molecule is Cc1ccccc1CN1C(=O)CN(S(=O)(=O)c2ccccc2)CC1(C)C(=O)NCc1ccccc1. The van der Waals surface area contributed by atoms with Crippen molar-refractivity contribution in [1.29, 1.82) is 0 Å². The molecule has 0 aromatic heterocycles. The Morgan fingerprint density at radius 2 is 1.54 bits per heavy atom. The minimum Gasteiger partial charge on any atom is -0.350 e. The Bertz CT molecular complexity index is 1310. The lowest BCUT2D eigenvalue weighted by Crippen LogP contribution is -2.69. The first-order chi connectivity index (χ1) is 16.7. The van der Waals surface area contributed by atoms with Crippen LogP contribution in [0, 0.1) is 6.92 Å². The van der Waals surface area contributed by atoms with Gasteiger partial charge in [-0.1, -0.05) is 72.8 Å². The van der Waals surface area contributed by atoms with E-state index in [1.165, 1.54) is 17.0 Å². The van der Waals surface area contributed by atoms with E-state index in [1.54, 1.807) is 25.1 Å². The Kier molecular flexibility index (Phi) is 7.05. The first-order valence-electron chi connectivity index (χ1n) is 11.4. The Balaban J connectivity index is 1.67. The van der Waals surface area contributed by atoms with Crippen LogP contribution in [0.5, 0.6) is 0 Å². The third kappa shape index (κ3) is 5.13. The molecule has 1 aliphatic heterocycles. The zero-order valence-corrected chi connectivity index (χ0v) is 20.7.